The summed E-state index contributed by atoms with van der Waals surface area (Å²) in [5.41, 5.74) is 10.5. The summed E-state index contributed by atoms with van der Waals surface area (Å²) in [6.45, 7) is 0.507. The quantitative estimate of drug-likeness (QED) is 0.502. The lowest BCUT2D eigenvalue weighted by molar-refractivity contribution is 0.0214. The van der Waals surface area contributed by atoms with Crippen molar-refractivity contribution in [3.63, 3.8) is 0 Å². The number of ether oxygens (including phenoxy) is 1. The smallest absolute Gasteiger partial charge is 0.344 e. The van der Waals surface area contributed by atoms with Crippen LogP contribution in [-0.4, -0.2) is 26.6 Å². The van der Waals surface area contributed by atoms with E-state index in [0.29, 0.717) is 29.1 Å². The van der Waals surface area contributed by atoms with E-state index in [2.05, 4.69) is 0 Å². The zero-order chi connectivity index (χ0) is 20.5. The van der Waals surface area contributed by atoms with Gasteiger partial charge in [0, 0.05) is 0 Å². The molecule has 2 aromatic heterocycles. The van der Waals surface area contributed by atoms with Gasteiger partial charge in [-0.05, 0) is 43.4 Å². The largest absolute Gasteiger partial charge is 0.459 e. The molecule has 0 unspecified atom stereocenters. The highest BCUT2D eigenvalue weighted by atomic mass is 16.5. The zero-order valence-corrected chi connectivity index (χ0v) is 16.8. The third-order valence-corrected chi connectivity index (χ3v) is 5.81. The highest BCUT2D eigenvalue weighted by Gasteiger charge is 2.27. The first-order valence-corrected chi connectivity index (χ1v) is 10.5. The summed E-state index contributed by atoms with van der Waals surface area (Å²) in [6.07, 6.45) is 5.14. The Bertz CT molecular complexity index is 1210. The Morgan fingerprint density at radius 3 is 2.37 bits per heavy atom. The summed E-state index contributed by atoms with van der Waals surface area (Å²) in [5.74, 6) is -0.0502. The summed E-state index contributed by atoms with van der Waals surface area (Å²) in [4.78, 5) is 22.7. The minimum Gasteiger partial charge on any atom is -0.459 e. The molecule has 1 aliphatic carbocycles. The molecule has 152 valence electrons. The molecule has 4 aromatic rings. The molecule has 1 aliphatic rings. The van der Waals surface area contributed by atoms with E-state index < -0.39 is 5.97 Å². The number of benzene rings is 2. The SMILES string of the molecule is Nc1c(C(=O)OC2CCCCC2)c2nc3ccccc3nc2n1Cc1ccccc1. The molecule has 1 fully saturated rings. The maximum absolute atomic E-state index is 13.2. The number of carbonyl (C=O) groups is 1. The number of hydrogen-bond donors (Lipinski definition) is 1. The average molecular weight is 400 g/mol. The molecule has 2 heterocycles. The fourth-order valence-corrected chi connectivity index (χ4v) is 4.24. The molecule has 0 atom stereocenters. The third kappa shape index (κ3) is 3.38. The van der Waals surface area contributed by atoms with Crippen LogP contribution in [0.2, 0.25) is 0 Å². The molecule has 0 saturated heterocycles. The molecule has 1 saturated carbocycles. The molecular weight excluding hydrogens is 376 g/mol. The lowest BCUT2D eigenvalue weighted by atomic mass is 9.98. The average Bonchev–Trinajstić information content (AvgIpc) is 3.04. The minimum absolute atomic E-state index is 0.0495. The van der Waals surface area contributed by atoms with Crippen LogP contribution in [0.3, 0.4) is 0 Å². The summed E-state index contributed by atoms with van der Waals surface area (Å²) in [5, 5.41) is 0. The molecule has 0 spiro atoms. The molecule has 0 radical (unpaired) electrons. The van der Waals surface area contributed by atoms with Crippen molar-refractivity contribution in [2.75, 3.05) is 5.73 Å². The number of rotatable bonds is 4. The van der Waals surface area contributed by atoms with Gasteiger partial charge in [-0.2, -0.15) is 0 Å². The highest BCUT2D eigenvalue weighted by molar-refractivity contribution is 6.08. The number of nitrogens with two attached hydrogens (primary N) is 1. The predicted molar refractivity (Wildman–Crippen MR) is 117 cm³/mol. The van der Waals surface area contributed by atoms with Gasteiger partial charge in [0.1, 0.15) is 23.0 Å². The molecular formula is C24H24N4O2. The topological polar surface area (TPSA) is 83.0 Å². The van der Waals surface area contributed by atoms with Gasteiger partial charge in [0.25, 0.3) is 0 Å². The van der Waals surface area contributed by atoms with Crippen LogP contribution >= 0.6 is 0 Å². The summed E-state index contributed by atoms with van der Waals surface area (Å²) < 4.78 is 7.70. The molecule has 0 amide bonds. The number of esters is 1. The number of nitrogen functional groups attached to an aromatic ring is 1. The van der Waals surface area contributed by atoms with Crippen LogP contribution in [0.25, 0.3) is 22.2 Å². The summed E-state index contributed by atoms with van der Waals surface area (Å²) in [6, 6.07) is 17.6. The maximum atomic E-state index is 13.2. The van der Waals surface area contributed by atoms with Crippen LogP contribution in [0.4, 0.5) is 5.82 Å². The van der Waals surface area contributed by atoms with Crippen LogP contribution < -0.4 is 5.73 Å². The van der Waals surface area contributed by atoms with E-state index in [1.807, 2.05) is 59.2 Å². The van der Waals surface area contributed by atoms with E-state index in [4.69, 9.17) is 20.4 Å². The van der Waals surface area contributed by atoms with Crippen molar-refractivity contribution in [1.82, 2.24) is 14.5 Å². The van der Waals surface area contributed by atoms with Gasteiger partial charge in [-0.15, -0.1) is 0 Å². The molecule has 2 N–H and O–H groups in total. The normalized spacial score (nSPS) is 14.9. The summed E-state index contributed by atoms with van der Waals surface area (Å²) >= 11 is 0. The van der Waals surface area contributed by atoms with Crippen LogP contribution in [0.15, 0.2) is 54.6 Å². The van der Waals surface area contributed by atoms with E-state index in [9.17, 15) is 4.79 Å². The van der Waals surface area contributed by atoms with E-state index in [1.54, 1.807) is 0 Å². The predicted octanol–water partition coefficient (Wildman–Crippen LogP) is 4.70. The van der Waals surface area contributed by atoms with Gasteiger partial charge in [0.05, 0.1) is 17.6 Å². The Morgan fingerprint density at radius 2 is 1.63 bits per heavy atom. The molecule has 5 rings (SSSR count). The lowest BCUT2D eigenvalue weighted by Gasteiger charge is -2.21. The first-order valence-electron chi connectivity index (χ1n) is 10.5. The van der Waals surface area contributed by atoms with Crippen LogP contribution in [0.5, 0.6) is 0 Å². The zero-order valence-electron chi connectivity index (χ0n) is 16.8. The standard InChI is InChI=1S/C24H24N4O2/c25-22-20(24(29)30-17-11-5-2-6-12-17)21-23(27-19-14-8-7-13-18(19)26-21)28(22)15-16-9-3-1-4-10-16/h1,3-4,7-10,13-14,17H,2,5-6,11-12,15,25H2. The Hall–Kier alpha value is -3.41. The van der Waals surface area contributed by atoms with Crippen molar-refractivity contribution >= 4 is 34.0 Å². The van der Waals surface area contributed by atoms with E-state index in [-0.39, 0.29) is 6.10 Å². The first-order chi connectivity index (χ1) is 14.7. The van der Waals surface area contributed by atoms with Crippen molar-refractivity contribution in [3.05, 3.63) is 65.7 Å². The van der Waals surface area contributed by atoms with Gasteiger partial charge in [0.15, 0.2) is 5.65 Å². The van der Waals surface area contributed by atoms with Gasteiger partial charge in [-0.1, -0.05) is 48.9 Å². The Morgan fingerprint density at radius 1 is 0.967 bits per heavy atom. The van der Waals surface area contributed by atoms with Gasteiger partial charge >= 0.3 is 5.97 Å². The van der Waals surface area contributed by atoms with Gasteiger partial charge < -0.3 is 15.0 Å². The number of fused-ring (bicyclic) bond motifs is 2. The number of nitrogens with zero attached hydrogens (tertiary/aromatic N) is 3. The number of anilines is 1. The molecule has 30 heavy (non-hydrogen) atoms. The highest BCUT2D eigenvalue weighted by Crippen LogP contribution is 2.31. The Labute approximate surface area is 174 Å². The number of hydrogen-bond acceptors (Lipinski definition) is 5. The van der Waals surface area contributed by atoms with Crippen molar-refractivity contribution in [1.29, 1.82) is 0 Å². The van der Waals surface area contributed by atoms with Gasteiger partial charge in [-0.3, -0.25) is 0 Å². The molecule has 2 aromatic carbocycles. The van der Waals surface area contributed by atoms with Gasteiger partial charge in [0.2, 0.25) is 0 Å². The fraction of sp³-hybridized carbons (Fsp3) is 0.292. The molecule has 6 nitrogen and oxygen atoms in total. The Kier molecular flexibility index (Phi) is 4.83. The van der Waals surface area contributed by atoms with Crippen molar-refractivity contribution < 1.29 is 9.53 Å². The molecule has 0 bridgehead atoms. The van der Waals surface area contributed by atoms with E-state index in [0.717, 1.165) is 42.3 Å². The number of para-hydroxylation sites is 2. The Balaban J connectivity index is 1.63. The van der Waals surface area contributed by atoms with E-state index >= 15 is 0 Å². The van der Waals surface area contributed by atoms with E-state index in [1.165, 1.54) is 6.42 Å². The minimum atomic E-state index is -0.402. The molecule has 6 heteroatoms. The second-order valence-corrected chi connectivity index (χ2v) is 7.88. The van der Waals surface area contributed by atoms with Crippen LogP contribution in [0.1, 0.15) is 48.0 Å². The molecule has 0 aliphatic heterocycles. The fourth-order valence-electron chi connectivity index (χ4n) is 4.24. The van der Waals surface area contributed by atoms with Crippen molar-refractivity contribution in [3.8, 4) is 0 Å². The third-order valence-electron chi connectivity index (χ3n) is 5.81. The van der Waals surface area contributed by atoms with Crippen molar-refractivity contribution in [2.24, 2.45) is 0 Å². The number of carbonyl (C=O) groups excluding carboxylic acids is 1. The maximum Gasteiger partial charge on any atom is 0.344 e. The van der Waals surface area contributed by atoms with Crippen molar-refractivity contribution in [2.45, 2.75) is 44.8 Å². The van der Waals surface area contributed by atoms with Crippen LogP contribution in [0, 0.1) is 0 Å². The first kappa shape index (κ1) is 18.6. The second kappa shape index (κ2) is 7.78. The van der Waals surface area contributed by atoms with Gasteiger partial charge in [-0.25, -0.2) is 14.8 Å². The summed E-state index contributed by atoms with van der Waals surface area (Å²) in [7, 11) is 0. The number of aromatic nitrogens is 3. The lowest BCUT2D eigenvalue weighted by Crippen LogP contribution is -2.21. The second-order valence-electron chi connectivity index (χ2n) is 7.88. The van der Waals surface area contributed by atoms with Crippen LogP contribution in [-0.2, 0) is 11.3 Å². The monoisotopic (exact) mass is 400 g/mol.